The summed E-state index contributed by atoms with van der Waals surface area (Å²) in [6.45, 7) is 0.713. The second kappa shape index (κ2) is 7.37. The molecular weight excluding hydrogens is 338 g/mol. The van der Waals surface area contributed by atoms with E-state index in [4.69, 9.17) is 16.9 Å². The molecule has 0 aliphatic carbocycles. The average Bonchev–Trinajstić information content (AvgIpc) is 3.03. The minimum absolute atomic E-state index is 0.110. The number of carbonyl (C=O) groups is 2. The molecule has 1 fully saturated rings. The van der Waals surface area contributed by atoms with Gasteiger partial charge in [-0.25, -0.2) is 0 Å². The number of benzene rings is 2. The summed E-state index contributed by atoms with van der Waals surface area (Å²) in [6.07, 6.45) is 0.170. The lowest BCUT2D eigenvalue weighted by Gasteiger charge is -2.17. The topological polar surface area (TPSA) is 73.2 Å². The lowest BCUT2D eigenvalue weighted by Crippen LogP contribution is -2.32. The molecule has 1 atom stereocenters. The van der Waals surface area contributed by atoms with Crippen LogP contribution in [0.25, 0.3) is 0 Å². The maximum absolute atomic E-state index is 12.4. The first-order valence-electron chi connectivity index (χ1n) is 7.89. The van der Waals surface area contributed by atoms with Crippen LogP contribution in [0.15, 0.2) is 48.5 Å². The first kappa shape index (κ1) is 17.0. The fraction of sp³-hybridized carbons (Fsp3) is 0.211. The van der Waals surface area contributed by atoms with Crippen LogP contribution >= 0.6 is 11.6 Å². The number of carbonyl (C=O) groups excluding carboxylic acids is 2. The van der Waals surface area contributed by atoms with Gasteiger partial charge in [0.2, 0.25) is 11.8 Å². The number of hydrogen-bond donors (Lipinski definition) is 1. The maximum Gasteiger partial charge on any atom is 0.227 e. The molecule has 0 aromatic heterocycles. The molecule has 126 valence electrons. The van der Waals surface area contributed by atoms with E-state index < -0.39 is 5.92 Å². The van der Waals surface area contributed by atoms with Crippen LogP contribution in [0.1, 0.15) is 17.5 Å². The van der Waals surface area contributed by atoms with E-state index >= 15 is 0 Å². The summed E-state index contributed by atoms with van der Waals surface area (Å²) >= 11 is 5.84. The molecule has 2 aromatic carbocycles. The highest BCUT2D eigenvalue weighted by Crippen LogP contribution is 2.26. The Morgan fingerprint density at radius 3 is 2.76 bits per heavy atom. The number of amides is 2. The molecule has 0 bridgehead atoms. The summed E-state index contributed by atoms with van der Waals surface area (Å²) in [5.74, 6) is -0.658. The zero-order valence-corrected chi connectivity index (χ0v) is 14.2. The van der Waals surface area contributed by atoms with Crippen LogP contribution in [0.2, 0.25) is 5.02 Å². The molecular formula is C19H16ClN3O2. The van der Waals surface area contributed by atoms with E-state index in [0.717, 1.165) is 5.56 Å². The predicted molar refractivity (Wildman–Crippen MR) is 94.9 cm³/mol. The van der Waals surface area contributed by atoms with Crippen molar-refractivity contribution in [2.45, 2.75) is 13.0 Å². The van der Waals surface area contributed by atoms with Gasteiger partial charge in [0.25, 0.3) is 0 Å². The van der Waals surface area contributed by atoms with Crippen LogP contribution < -0.4 is 10.2 Å². The number of nitrogens with one attached hydrogen (secondary N) is 1. The third kappa shape index (κ3) is 3.98. The molecule has 2 amide bonds. The molecule has 1 N–H and O–H groups in total. The first-order valence-corrected chi connectivity index (χ1v) is 8.27. The Hall–Kier alpha value is -2.84. The molecule has 3 rings (SSSR count). The standard InChI is InChI=1S/C19H16ClN3O2/c20-16-6-4-13(5-7-16)11-22-19(25)15-9-18(24)23(12-15)17-3-1-2-14(8-17)10-21/h1-8,15H,9,11-12H2,(H,22,25). The smallest absolute Gasteiger partial charge is 0.227 e. The number of rotatable bonds is 4. The van der Waals surface area contributed by atoms with Crippen LogP contribution in [0.4, 0.5) is 5.69 Å². The number of nitrogens with zero attached hydrogens (tertiary/aromatic N) is 2. The highest BCUT2D eigenvalue weighted by atomic mass is 35.5. The zero-order valence-electron chi connectivity index (χ0n) is 13.4. The van der Waals surface area contributed by atoms with Gasteiger partial charge < -0.3 is 10.2 Å². The number of anilines is 1. The van der Waals surface area contributed by atoms with Crippen molar-refractivity contribution in [1.29, 1.82) is 5.26 Å². The van der Waals surface area contributed by atoms with Gasteiger partial charge in [-0.05, 0) is 35.9 Å². The Kier molecular flexibility index (Phi) is 5.01. The molecule has 0 spiro atoms. The van der Waals surface area contributed by atoms with Crippen molar-refractivity contribution < 1.29 is 9.59 Å². The zero-order chi connectivity index (χ0) is 17.8. The van der Waals surface area contributed by atoms with E-state index in [1.807, 2.05) is 12.1 Å². The SMILES string of the molecule is N#Cc1cccc(N2CC(C(=O)NCc3ccc(Cl)cc3)CC2=O)c1. The molecule has 6 heteroatoms. The van der Waals surface area contributed by atoms with Gasteiger partial charge in [0.15, 0.2) is 0 Å². The normalized spacial score (nSPS) is 16.6. The van der Waals surface area contributed by atoms with Crippen LogP contribution in [0.3, 0.4) is 0 Å². The van der Waals surface area contributed by atoms with Crippen molar-refractivity contribution >= 4 is 29.1 Å². The van der Waals surface area contributed by atoms with Crippen LogP contribution in [-0.4, -0.2) is 18.4 Å². The molecule has 1 aliphatic heterocycles. The summed E-state index contributed by atoms with van der Waals surface area (Å²) in [4.78, 5) is 26.2. The van der Waals surface area contributed by atoms with E-state index in [2.05, 4.69) is 11.4 Å². The van der Waals surface area contributed by atoms with Gasteiger partial charge in [0, 0.05) is 30.2 Å². The molecule has 1 aliphatic rings. The molecule has 5 nitrogen and oxygen atoms in total. The molecule has 1 unspecified atom stereocenters. The van der Waals surface area contributed by atoms with E-state index in [0.29, 0.717) is 29.4 Å². The molecule has 2 aromatic rings. The summed E-state index contributed by atoms with van der Waals surface area (Å²) in [5.41, 5.74) is 2.08. The number of nitriles is 1. The minimum atomic E-state index is -0.398. The monoisotopic (exact) mass is 353 g/mol. The van der Waals surface area contributed by atoms with E-state index in [9.17, 15) is 9.59 Å². The second-order valence-electron chi connectivity index (χ2n) is 5.91. The Morgan fingerprint density at radius 2 is 2.04 bits per heavy atom. The highest BCUT2D eigenvalue weighted by molar-refractivity contribution is 6.30. The first-order chi connectivity index (χ1) is 12.1. The summed E-state index contributed by atoms with van der Waals surface area (Å²) in [6, 6.07) is 16.1. The summed E-state index contributed by atoms with van der Waals surface area (Å²) in [7, 11) is 0. The average molecular weight is 354 g/mol. The number of hydrogen-bond acceptors (Lipinski definition) is 3. The lowest BCUT2D eigenvalue weighted by molar-refractivity contribution is -0.126. The van der Waals surface area contributed by atoms with Crippen molar-refractivity contribution in [3.8, 4) is 6.07 Å². The number of halogens is 1. The van der Waals surface area contributed by atoms with Gasteiger partial charge in [-0.2, -0.15) is 5.26 Å². The van der Waals surface area contributed by atoms with Crippen molar-refractivity contribution in [3.05, 3.63) is 64.7 Å². The molecule has 25 heavy (non-hydrogen) atoms. The predicted octanol–water partition coefficient (Wildman–Crippen LogP) is 2.88. The third-order valence-electron chi connectivity index (χ3n) is 4.16. The molecule has 1 saturated heterocycles. The fourth-order valence-corrected chi connectivity index (χ4v) is 2.94. The lowest BCUT2D eigenvalue weighted by atomic mass is 10.1. The van der Waals surface area contributed by atoms with Gasteiger partial charge in [-0.3, -0.25) is 9.59 Å². The third-order valence-corrected chi connectivity index (χ3v) is 4.41. The quantitative estimate of drug-likeness (QED) is 0.918. The van der Waals surface area contributed by atoms with Gasteiger partial charge in [-0.1, -0.05) is 29.8 Å². The van der Waals surface area contributed by atoms with Crippen molar-refractivity contribution in [1.82, 2.24) is 5.32 Å². The van der Waals surface area contributed by atoms with Crippen LogP contribution in [0, 0.1) is 17.2 Å². The second-order valence-corrected chi connectivity index (χ2v) is 6.35. The summed E-state index contributed by atoms with van der Waals surface area (Å²) < 4.78 is 0. The minimum Gasteiger partial charge on any atom is -0.352 e. The van der Waals surface area contributed by atoms with E-state index in [-0.39, 0.29) is 18.2 Å². The Bertz CT molecular complexity index is 842. The Labute approximate surface area is 150 Å². The fourth-order valence-electron chi connectivity index (χ4n) is 2.81. The molecule has 1 heterocycles. The molecule has 0 radical (unpaired) electrons. The summed E-state index contributed by atoms with van der Waals surface area (Å²) in [5, 5.41) is 12.5. The Morgan fingerprint density at radius 1 is 1.28 bits per heavy atom. The van der Waals surface area contributed by atoms with Gasteiger partial charge >= 0.3 is 0 Å². The largest absolute Gasteiger partial charge is 0.352 e. The van der Waals surface area contributed by atoms with Crippen LogP contribution in [-0.2, 0) is 16.1 Å². The molecule has 0 saturated carbocycles. The van der Waals surface area contributed by atoms with E-state index in [1.54, 1.807) is 41.3 Å². The highest BCUT2D eigenvalue weighted by Gasteiger charge is 2.35. The van der Waals surface area contributed by atoms with E-state index in [1.165, 1.54) is 0 Å². The van der Waals surface area contributed by atoms with Crippen molar-refractivity contribution in [3.63, 3.8) is 0 Å². The van der Waals surface area contributed by atoms with Crippen molar-refractivity contribution in [2.24, 2.45) is 5.92 Å². The van der Waals surface area contributed by atoms with Gasteiger partial charge in [0.1, 0.15) is 0 Å². The van der Waals surface area contributed by atoms with Gasteiger partial charge in [0.05, 0.1) is 17.6 Å². The van der Waals surface area contributed by atoms with Crippen molar-refractivity contribution in [2.75, 3.05) is 11.4 Å². The Balaban J connectivity index is 1.62. The van der Waals surface area contributed by atoms with Crippen LogP contribution in [0.5, 0.6) is 0 Å². The van der Waals surface area contributed by atoms with Gasteiger partial charge in [-0.15, -0.1) is 0 Å². The maximum atomic E-state index is 12.4.